The van der Waals surface area contributed by atoms with Gasteiger partial charge in [0.1, 0.15) is 4.83 Å². The van der Waals surface area contributed by atoms with Gasteiger partial charge in [-0.05, 0) is 42.6 Å². The average Bonchev–Trinajstić information content (AvgIpc) is 3.04. The van der Waals surface area contributed by atoms with E-state index in [4.69, 9.17) is 0 Å². The van der Waals surface area contributed by atoms with Gasteiger partial charge < -0.3 is 5.32 Å². The number of aromatic nitrogens is 2. The van der Waals surface area contributed by atoms with Crippen molar-refractivity contribution in [1.82, 2.24) is 9.55 Å². The van der Waals surface area contributed by atoms with Crippen molar-refractivity contribution in [3.8, 4) is 0 Å². The number of carbonyl (C=O) groups is 2. The molecule has 0 bridgehead atoms. The standard InChI is InChI=1S/C17H15N3O3S/c1-11(21)12-2-4-13(5-3-12)19-15(22)6-8-20-10-18-16-14(17(20)23)7-9-24-16/h2-5,7,9-10H,6,8H2,1H3,(H,19,22). The van der Waals surface area contributed by atoms with Crippen LogP contribution in [0, 0.1) is 0 Å². The third-order valence-electron chi connectivity index (χ3n) is 3.61. The average molecular weight is 341 g/mol. The highest BCUT2D eigenvalue weighted by atomic mass is 32.1. The van der Waals surface area contributed by atoms with E-state index in [0.717, 1.165) is 0 Å². The van der Waals surface area contributed by atoms with E-state index in [1.807, 2.05) is 5.38 Å². The van der Waals surface area contributed by atoms with Crippen LogP contribution in [0.2, 0.25) is 0 Å². The molecule has 122 valence electrons. The number of Topliss-reactive ketones (excluding diaryl/α,β-unsaturated/α-hetero) is 1. The van der Waals surface area contributed by atoms with Crippen LogP contribution >= 0.6 is 11.3 Å². The van der Waals surface area contributed by atoms with Crippen LogP contribution in [0.4, 0.5) is 5.69 Å². The molecule has 0 radical (unpaired) electrons. The fraction of sp³-hybridized carbons (Fsp3) is 0.176. The smallest absolute Gasteiger partial charge is 0.262 e. The topological polar surface area (TPSA) is 81.1 Å². The summed E-state index contributed by atoms with van der Waals surface area (Å²) in [5.74, 6) is -0.230. The van der Waals surface area contributed by atoms with Crippen molar-refractivity contribution in [2.75, 3.05) is 5.32 Å². The highest BCUT2D eigenvalue weighted by Crippen LogP contribution is 2.13. The summed E-state index contributed by atoms with van der Waals surface area (Å²) < 4.78 is 1.44. The molecular formula is C17H15N3O3S. The molecule has 0 saturated carbocycles. The molecule has 3 rings (SSSR count). The first-order chi connectivity index (χ1) is 11.5. The van der Waals surface area contributed by atoms with Crippen LogP contribution in [-0.4, -0.2) is 21.2 Å². The van der Waals surface area contributed by atoms with Crippen LogP contribution in [0.3, 0.4) is 0 Å². The number of carbonyl (C=O) groups excluding carboxylic acids is 2. The number of ketones is 1. The maximum absolute atomic E-state index is 12.2. The quantitative estimate of drug-likeness (QED) is 0.724. The molecule has 0 aliphatic carbocycles. The largest absolute Gasteiger partial charge is 0.326 e. The van der Waals surface area contributed by atoms with Crippen LogP contribution in [0.1, 0.15) is 23.7 Å². The monoisotopic (exact) mass is 341 g/mol. The molecule has 0 saturated heterocycles. The van der Waals surface area contributed by atoms with Crippen molar-refractivity contribution in [2.24, 2.45) is 0 Å². The number of hydrogen-bond acceptors (Lipinski definition) is 5. The highest BCUT2D eigenvalue weighted by molar-refractivity contribution is 7.16. The lowest BCUT2D eigenvalue weighted by molar-refractivity contribution is -0.116. The molecule has 0 aliphatic heterocycles. The SMILES string of the molecule is CC(=O)c1ccc(NC(=O)CCn2cnc3sccc3c2=O)cc1. The minimum Gasteiger partial charge on any atom is -0.326 e. The van der Waals surface area contributed by atoms with Gasteiger partial charge in [-0.2, -0.15) is 0 Å². The second-order valence-electron chi connectivity index (χ2n) is 5.31. The molecule has 6 nitrogen and oxygen atoms in total. The Morgan fingerprint density at radius 2 is 1.96 bits per heavy atom. The van der Waals surface area contributed by atoms with Gasteiger partial charge >= 0.3 is 0 Å². The molecule has 0 unspecified atom stereocenters. The first kappa shape index (κ1) is 16.1. The van der Waals surface area contributed by atoms with Gasteiger partial charge in [0, 0.05) is 24.2 Å². The summed E-state index contributed by atoms with van der Waals surface area (Å²) >= 11 is 1.41. The minimum atomic E-state index is -0.206. The third-order valence-corrected chi connectivity index (χ3v) is 4.43. The van der Waals surface area contributed by atoms with Gasteiger partial charge in [0.05, 0.1) is 11.7 Å². The summed E-state index contributed by atoms with van der Waals surface area (Å²) in [6.45, 7) is 1.75. The lowest BCUT2D eigenvalue weighted by Crippen LogP contribution is -2.23. The molecule has 7 heteroatoms. The summed E-state index contributed by atoms with van der Waals surface area (Å²) in [7, 11) is 0. The Balaban J connectivity index is 1.63. The predicted molar refractivity (Wildman–Crippen MR) is 93.6 cm³/mol. The second-order valence-corrected chi connectivity index (χ2v) is 6.21. The summed E-state index contributed by atoms with van der Waals surface area (Å²) in [5.41, 5.74) is 1.07. The summed E-state index contributed by atoms with van der Waals surface area (Å²) in [6.07, 6.45) is 1.63. The number of hydrogen-bond donors (Lipinski definition) is 1. The molecule has 2 heterocycles. The van der Waals surface area contributed by atoms with Crippen LogP contribution < -0.4 is 10.9 Å². The number of nitrogens with zero attached hydrogens (tertiary/aromatic N) is 2. The van der Waals surface area contributed by atoms with E-state index >= 15 is 0 Å². The molecule has 0 atom stereocenters. The first-order valence-electron chi connectivity index (χ1n) is 7.38. The molecule has 0 fully saturated rings. The van der Waals surface area contributed by atoms with Crippen molar-refractivity contribution in [3.05, 3.63) is 58.0 Å². The summed E-state index contributed by atoms with van der Waals surface area (Å²) in [5, 5.41) is 5.14. The Labute approximate surface area is 141 Å². The number of anilines is 1. The van der Waals surface area contributed by atoms with Gasteiger partial charge in [-0.3, -0.25) is 19.0 Å². The molecular weight excluding hydrogens is 326 g/mol. The number of nitrogens with one attached hydrogen (secondary N) is 1. The number of rotatable bonds is 5. The third kappa shape index (κ3) is 3.41. The first-order valence-corrected chi connectivity index (χ1v) is 8.26. The van der Waals surface area contributed by atoms with E-state index in [9.17, 15) is 14.4 Å². The Morgan fingerprint density at radius 3 is 2.67 bits per heavy atom. The lowest BCUT2D eigenvalue weighted by atomic mass is 10.1. The summed E-state index contributed by atoms with van der Waals surface area (Å²) in [6, 6.07) is 8.43. The number of thiophene rings is 1. The number of amides is 1. The van der Waals surface area contributed by atoms with Crippen LogP contribution in [0.5, 0.6) is 0 Å². The lowest BCUT2D eigenvalue weighted by Gasteiger charge is -2.07. The number of aryl methyl sites for hydroxylation is 1. The van der Waals surface area contributed by atoms with Crippen LogP contribution in [0.25, 0.3) is 10.2 Å². The number of fused-ring (bicyclic) bond motifs is 1. The van der Waals surface area contributed by atoms with Gasteiger partial charge in [-0.15, -0.1) is 11.3 Å². The van der Waals surface area contributed by atoms with Crippen molar-refractivity contribution in [2.45, 2.75) is 19.9 Å². The Morgan fingerprint density at radius 1 is 1.21 bits per heavy atom. The van der Waals surface area contributed by atoms with Crippen molar-refractivity contribution in [1.29, 1.82) is 0 Å². The molecule has 2 aromatic heterocycles. The van der Waals surface area contributed by atoms with E-state index < -0.39 is 0 Å². The molecule has 24 heavy (non-hydrogen) atoms. The zero-order chi connectivity index (χ0) is 17.1. The van der Waals surface area contributed by atoms with Gasteiger partial charge in [0.25, 0.3) is 5.56 Å². The summed E-state index contributed by atoms with van der Waals surface area (Å²) in [4.78, 5) is 40.4. The molecule has 3 aromatic rings. The molecule has 1 aromatic carbocycles. The zero-order valence-electron chi connectivity index (χ0n) is 13.0. The molecule has 1 amide bonds. The Hall–Kier alpha value is -2.80. The van der Waals surface area contributed by atoms with E-state index in [1.54, 1.807) is 30.3 Å². The van der Waals surface area contributed by atoms with Crippen molar-refractivity contribution in [3.63, 3.8) is 0 Å². The van der Waals surface area contributed by atoms with Crippen LogP contribution in [0.15, 0.2) is 46.8 Å². The molecule has 0 aliphatic rings. The molecule has 0 spiro atoms. The van der Waals surface area contributed by atoms with Crippen molar-refractivity contribution < 1.29 is 9.59 Å². The van der Waals surface area contributed by atoms with Crippen LogP contribution in [-0.2, 0) is 11.3 Å². The Kier molecular flexibility index (Phi) is 4.52. The normalized spacial score (nSPS) is 10.7. The fourth-order valence-corrected chi connectivity index (χ4v) is 3.01. The van der Waals surface area contributed by atoms with Gasteiger partial charge in [0.2, 0.25) is 5.91 Å². The second kappa shape index (κ2) is 6.76. The minimum absolute atomic E-state index is 0.0245. The van der Waals surface area contributed by atoms with E-state index in [1.165, 1.54) is 29.2 Å². The highest BCUT2D eigenvalue weighted by Gasteiger charge is 2.08. The maximum atomic E-state index is 12.2. The molecule has 1 N–H and O–H groups in total. The maximum Gasteiger partial charge on any atom is 0.262 e. The number of benzene rings is 1. The van der Waals surface area contributed by atoms with Gasteiger partial charge in [-0.1, -0.05) is 0 Å². The van der Waals surface area contributed by atoms with Gasteiger partial charge in [0.15, 0.2) is 5.78 Å². The fourth-order valence-electron chi connectivity index (χ4n) is 2.29. The zero-order valence-corrected chi connectivity index (χ0v) is 13.8. The van der Waals surface area contributed by atoms with E-state index in [2.05, 4.69) is 10.3 Å². The van der Waals surface area contributed by atoms with Crippen molar-refractivity contribution >= 4 is 38.9 Å². The van der Waals surface area contributed by atoms with E-state index in [-0.39, 0.29) is 30.2 Å². The van der Waals surface area contributed by atoms with E-state index in [0.29, 0.717) is 21.5 Å². The predicted octanol–water partition coefficient (Wildman–Crippen LogP) is 2.69. The Bertz CT molecular complexity index is 957. The van der Waals surface area contributed by atoms with Gasteiger partial charge in [-0.25, -0.2) is 4.98 Å².